The van der Waals surface area contributed by atoms with Crippen LogP contribution >= 0.6 is 0 Å². The van der Waals surface area contributed by atoms with Crippen LogP contribution in [0.5, 0.6) is 0 Å². The number of ether oxygens (including phenoxy) is 1. The van der Waals surface area contributed by atoms with Crippen molar-refractivity contribution in [3.63, 3.8) is 0 Å². The zero-order valence-corrected chi connectivity index (χ0v) is 14.4. The molecule has 1 saturated heterocycles. The van der Waals surface area contributed by atoms with Gasteiger partial charge in [0.2, 0.25) is 11.8 Å². The van der Waals surface area contributed by atoms with Gasteiger partial charge in [0.25, 0.3) is 0 Å². The summed E-state index contributed by atoms with van der Waals surface area (Å²) in [6, 6.07) is 5.74. The fraction of sp³-hybridized carbons (Fsp3) is 0.579. The van der Waals surface area contributed by atoms with Gasteiger partial charge < -0.3 is 15.0 Å². The van der Waals surface area contributed by atoms with Gasteiger partial charge in [-0.3, -0.25) is 9.59 Å². The second-order valence-corrected chi connectivity index (χ2v) is 7.11. The summed E-state index contributed by atoms with van der Waals surface area (Å²) in [6.07, 6.45) is 4.67. The van der Waals surface area contributed by atoms with Crippen LogP contribution in [0.25, 0.3) is 0 Å². The quantitative estimate of drug-likeness (QED) is 0.890. The zero-order chi connectivity index (χ0) is 17.7. The molecule has 136 valence electrons. The summed E-state index contributed by atoms with van der Waals surface area (Å²) in [6.45, 7) is 2.45. The lowest BCUT2D eigenvalue weighted by Crippen LogP contribution is -2.43. The number of hydrogen-bond acceptors (Lipinski definition) is 3. The van der Waals surface area contributed by atoms with Gasteiger partial charge in [0.15, 0.2) is 0 Å². The molecule has 0 aromatic heterocycles. The van der Waals surface area contributed by atoms with E-state index in [9.17, 15) is 14.0 Å². The van der Waals surface area contributed by atoms with Crippen molar-refractivity contribution in [2.75, 3.05) is 31.6 Å². The predicted molar refractivity (Wildman–Crippen MR) is 92.6 cm³/mol. The van der Waals surface area contributed by atoms with E-state index >= 15 is 0 Å². The van der Waals surface area contributed by atoms with Gasteiger partial charge in [0.05, 0.1) is 13.2 Å². The van der Waals surface area contributed by atoms with Crippen molar-refractivity contribution in [2.24, 2.45) is 5.41 Å². The summed E-state index contributed by atoms with van der Waals surface area (Å²) in [5.74, 6) is -0.315. The highest BCUT2D eigenvalue weighted by atomic mass is 19.1. The Bertz CT molecular complexity index is 606. The van der Waals surface area contributed by atoms with E-state index in [2.05, 4.69) is 5.32 Å². The number of carbonyl (C=O) groups is 2. The highest BCUT2D eigenvalue weighted by molar-refractivity contribution is 5.91. The minimum absolute atomic E-state index is 0.108. The van der Waals surface area contributed by atoms with E-state index in [-0.39, 0.29) is 23.0 Å². The second kappa shape index (κ2) is 7.95. The summed E-state index contributed by atoms with van der Waals surface area (Å²) in [7, 11) is 0. The first-order chi connectivity index (χ1) is 12.1. The van der Waals surface area contributed by atoms with Gasteiger partial charge >= 0.3 is 0 Å². The van der Waals surface area contributed by atoms with Crippen molar-refractivity contribution in [3.8, 4) is 0 Å². The molecule has 1 heterocycles. The number of anilines is 1. The lowest BCUT2D eigenvalue weighted by atomic mass is 9.78. The molecule has 0 atom stereocenters. The van der Waals surface area contributed by atoms with Crippen molar-refractivity contribution in [1.29, 1.82) is 0 Å². The molecule has 0 radical (unpaired) electrons. The van der Waals surface area contributed by atoms with Crippen molar-refractivity contribution in [1.82, 2.24) is 4.90 Å². The standard InChI is InChI=1S/C19H25FN2O3/c20-15-3-5-16(6-4-15)21-17(23)13-19(7-1-2-8-19)14-18(24)22-9-11-25-12-10-22/h3-6H,1-2,7-14H2,(H,21,23). The van der Waals surface area contributed by atoms with Gasteiger partial charge in [-0.25, -0.2) is 4.39 Å². The fourth-order valence-corrected chi connectivity index (χ4v) is 3.87. The molecule has 3 rings (SSSR count). The third-order valence-corrected chi connectivity index (χ3v) is 5.22. The molecule has 1 aromatic carbocycles. The Morgan fingerprint density at radius 3 is 2.36 bits per heavy atom. The van der Waals surface area contributed by atoms with E-state index in [4.69, 9.17) is 4.74 Å². The Hall–Kier alpha value is -1.95. The lowest BCUT2D eigenvalue weighted by molar-refractivity contribution is -0.138. The molecule has 0 spiro atoms. The Balaban J connectivity index is 1.60. The average molecular weight is 348 g/mol. The molecule has 0 unspecified atom stereocenters. The van der Waals surface area contributed by atoms with Crippen molar-refractivity contribution < 1.29 is 18.7 Å². The number of benzene rings is 1. The number of rotatable bonds is 5. The molecule has 1 aliphatic heterocycles. The Labute approximate surface area is 147 Å². The van der Waals surface area contributed by atoms with Gasteiger partial charge in [-0.15, -0.1) is 0 Å². The Morgan fingerprint density at radius 2 is 1.72 bits per heavy atom. The Kier molecular flexibility index (Phi) is 5.68. The molecule has 6 heteroatoms. The zero-order valence-electron chi connectivity index (χ0n) is 14.4. The average Bonchev–Trinajstić information content (AvgIpc) is 3.05. The SMILES string of the molecule is O=C(CC1(CC(=O)N2CCOCC2)CCCC1)Nc1ccc(F)cc1. The van der Waals surface area contributed by atoms with E-state index in [1.807, 2.05) is 4.90 Å². The van der Waals surface area contributed by atoms with Crippen LogP contribution in [0, 0.1) is 11.2 Å². The van der Waals surface area contributed by atoms with E-state index in [0.717, 1.165) is 25.7 Å². The molecule has 2 aliphatic rings. The van der Waals surface area contributed by atoms with Crippen LogP contribution in [0.1, 0.15) is 38.5 Å². The highest BCUT2D eigenvalue weighted by Gasteiger charge is 2.39. The van der Waals surface area contributed by atoms with Crippen LogP contribution < -0.4 is 5.32 Å². The Morgan fingerprint density at radius 1 is 1.08 bits per heavy atom. The molecular formula is C19H25FN2O3. The highest BCUT2D eigenvalue weighted by Crippen LogP contribution is 2.44. The number of nitrogens with zero attached hydrogens (tertiary/aromatic N) is 1. The van der Waals surface area contributed by atoms with Crippen LogP contribution in [0.2, 0.25) is 0 Å². The number of amides is 2. The van der Waals surface area contributed by atoms with E-state index < -0.39 is 0 Å². The molecular weight excluding hydrogens is 323 g/mol. The molecule has 2 amide bonds. The van der Waals surface area contributed by atoms with Crippen LogP contribution in [0.15, 0.2) is 24.3 Å². The second-order valence-electron chi connectivity index (χ2n) is 7.11. The third kappa shape index (κ3) is 4.78. The number of carbonyl (C=O) groups excluding carboxylic acids is 2. The van der Waals surface area contributed by atoms with Gasteiger partial charge in [-0.2, -0.15) is 0 Å². The summed E-state index contributed by atoms with van der Waals surface area (Å²) in [5.41, 5.74) is 0.332. The topological polar surface area (TPSA) is 58.6 Å². The number of nitrogens with one attached hydrogen (secondary N) is 1. The van der Waals surface area contributed by atoms with E-state index in [1.54, 1.807) is 12.1 Å². The lowest BCUT2D eigenvalue weighted by Gasteiger charge is -2.33. The van der Waals surface area contributed by atoms with Crippen LogP contribution in [-0.4, -0.2) is 43.0 Å². The minimum Gasteiger partial charge on any atom is -0.378 e. The molecule has 1 aromatic rings. The van der Waals surface area contributed by atoms with Crippen molar-refractivity contribution in [2.45, 2.75) is 38.5 Å². The summed E-state index contributed by atoms with van der Waals surface area (Å²) in [4.78, 5) is 26.9. The molecule has 0 bridgehead atoms. The monoisotopic (exact) mass is 348 g/mol. The van der Waals surface area contributed by atoms with Crippen molar-refractivity contribution in [3.05, 3.63) is 30.1 Å². The smallest absolute Gasteiger partial charge is 0.224 e. The molecule has 1 N–H and O–H groups in total. The molecule has 2 fully saturated rings. The van der Waals surface area contributed by atoms with E-state index in [0.29, 0.717) is 44.8 Å². The summed E-state index contributed by atoms with van der Waals surface area (Å²) >= 11 is 0. The predicted octanol–water partition coefficient (Wildman–Crippen LogP) is 2.96. The first-order valence-corrected chi connectivity index (χ1v) is 8.97. The minimum atomic E-state index is -0.332. The van der Waals surface area contributed by atoms with Gasteiger partial charge in [-0.1, -0.05) is 12.8 Å². The molecule has 1 aliphatic carbocycles. The number of hydrogen-bond donors (Lipinski definition) is 1. The largest absolute Gasteiger partial charge is 0.378 e. The van der Waals surface area contributed by atoms with Crippen LogP contribution in [-0.2, 0) is 14.3 Å². The normalized spacial score (nSPS) is 19.6. The molecule has 5 nitrogen and oxygen atoms in total. The fourth-order valence-electron chi connectivity index (χ4n) is 3.87. The maximum absolute atomic E-state index is 13.0. The first kappa shape index (κ1) is 17.9. The van der Waals surface area contributed by atoms with Gasteiger partial charge in [0, 0.05) is 31.6 Å². The van der Waals surface area contributed by atoms with Crippen LogP contribution in [0.4, 0.5) is 10.1 Å². The first-order valence-electron chi connectivity index (χ1n) is 8.97. The van der Waals surface area contributed by atoms with Gasteiger partial charge in [-0.05, 0) is 42.5 Å². The number of morpholine rings is 1. The van der Waals surface area contributed by atoms with Crippen molar-refractivity contribution >= 4 is 17.5 Å². The maximum Gasteiger partial charge on any atom is 0.224 e. The molecule has 25 heavy (non-hydrogen) atoms. The van der Waals surface area contributed by atoms with Crippen LogP contribution in [0.3, 0.4) is 0 Å². The maximum atomic E-state index is 13.0. The van der Waals surface area contributed by atoms with Gasteiger partial charge in [0.1, 0.15) is 5.82 Å². The number of halogens is 1. The van der Waals surface area contributed by atoms with E-state index in [1.165, 1.54) is 12.1 Å². The summed E-state index contributed by atoms with van der Waals surface area (Å²) in [5, 5.41) is 2.82. The third-order valence-electron chi connectivity index (χ3n) is 5.22. The summed E-state index contributed by atoms with van der Waals surface area (Å²) < 4.78 is 18.3. The molecule has 1 saturated carbocycles.